The van der Waals surface area contributed by atoms with E-state index in [4.69, 9.17) is 5.11 Å². The molecule has 1 unspecified atom stereocenters. The van der Waals surface area contributed by atoms with Crippen molar-refractivity contribution in [1.29, 1.82) is 0 Å². The maximum absolute atomic E-state index is 11.5. The van der Waals surface area contributed by atoms with Gasteiger partial charge in [0, 0.05) is 24.9 Å². The van der Waals surface area contributed by atoms with Gasteiger partial charge in [-0.05, 0) is 13.3 Å². The summed E-state index contributed by atoms with van der Waals surface area (Å²) in [4.78, 5) is 22.8. The summed E-state index contributed by atoms with van der Waals surface area (Å²) in [5.74, 6) is -0.172. The Morgan fingerprint density at radius 3 is 2.24 bits per heavy atom. The van der Waals surface area contributed by atoms with Crippen LogP contribution >= 0.6 is 0 Å². The minimum atomic E-state index is -0.428. The van der Waals surface area contributed by atoms with E-state index >= 15 is 0 Å². The summed E-state index contributed by atoms with van der Waals surface area (Å²) in [7, 11) is 0. The lowest BCUT2D eigenvalue weighted by Gasteiger charge is -2.17. The van der Waals surface area contributed by atoms with Crippen molar-refractivity contribution in [2.75, 3.05) is 13.1 Å². The number of carbonyl (C=O) groups excluding carboxylic acids is 2. The van der Waals surface area contributed by atoms with Gasteiger partial charge in [-0.25, -0.2) is 0 Å². The molecule has 17 heavy (non-hydrogen) atoms. The van der Waals surface area contributed by atoms with Crippen LogP contribution in [0, 0.1) is 5.41 Å². The van der Waals surface area contributed by atoms with Gasteiger partial charge in [-0.15, -0.1) is 0 Å². The van der Waals surface area contributed by atoms with Crippen LogP contribution in [0.15, 0.2) is 0 Å². The largest absolute Gasteiger partial charge is 0.393 e. The van der Waals surface area contributed by atoms with Crippen LogP contribution in [0.1, 0.15) is 40.5 Å². The van der Waals surface area contributed by atoms with Crippen LogP contribution in [0.2, 0.25) is 0 Å². The minimum Gasteiger partial charge on any atom is -0.393 e. The van der Waals surface area contributed by atoms with Crippen LogP contribution in [0.4, 0.5) is 0 Å². The van der Waals surface area contributed by atoms with E-state index in [0.29, 0.717) is 19.5 Å². The molecule has 0 fully saturated rings. The van der Waals surface area contributed by atoms with E-state index in [1.807, 2.05) is 20.8 Å². The lowest BCUT2D eigenvalue weighted by Crippen LogP contribution is -2.37. The molecule has 0 radical (unpaired) electrons. The van der Waals surface area contributed by atoms with Crippen molar-refractivity contribution in [2.24, 2.45) is 5.41 Å². The monoisotopic (exact) mass is 244 g/mol. The molecule has 0 aliphatic carbocycles. The highest BCUT2D eigenvalue weighted by atomic mass is 16.3. The van der Waals surface area contributed by atoms with E-state index in [1.54, 1.807) is 6.92 Å². The molecule has 100 valence electrons. The smallest absolute Gasteiger partial charge is 0.225 e. The van der Waals surface area contributed by atoms with Gasteiger partial charge in [0.25, 0.3) is 0 Å². The van der Waals surface area contributed by atoms with Gasteiger partial charge in [0.05, 0.1) is 6.10 Å². The van der Waals surface area contributed by atoms with Crippen molar-refractivity contribution in [3.8, 4) is 0 Å². The molecule has 0 aliphatic heterocycles. The third kappa shape index (κ3) is 8.68. The second kappa shape index (κ2) is 7.27. The Morgan fingerprint density at radius 1 is 1.18 bits per heavy atom. The van der Waals surface area contributed by atoms with E-state index in [-0.39, 0.29) is 18.2 Å². The predicted molar refractivity (Wildman–Crippen MR) is 66.4 cm³/mol. The third-order valence-corrected chi connectivity index (χ3v) is 2.20. The fourth-order valence-corrected chi connectivity index (χ4v) is 1.06. The molecule has 0 bridgehead atoms. The van der Waals surface area contributed by atoms with Gasteiger partial charge in [0.15, 0.2) is 0 Å². The zero-order valence-electron chi connectivity index (χ0n) is 11.2. The molecule has 0 saturated carbocycles. The molecule has 1 atom stereocenters. The van der Waals surface area contributed by atoms with Crippen LogP contribution in [-0.2, 0) is 9.59 Å². The number of rotatable bonds is 6. The van der Waals surface area contributed by atoms with E-state index in [9.17, 15) is 9.59 Å². The summed E-state index contributed by atoms with van der Waals surface area (Å²) in [5.41, 5.74) is -0.428. The third-order valence-electron chi connectivity index (χ3n) is 2.20. The summed E-state index contributed by atoms with van der Waals surface area (Å²) in [6, 6.07) is 0. The Balaban J connectivity index is 3.62. The highest BCUT2D eigenvalue weighted by molar-refractivity contribution is 5.82. The lowest BCUT2D eigenvalue weighted by atomic mass is 9.96. The van der Waals surface area contributed by atoms with Crippen LogP contribution < -0.4 is 10.6 Å². The Morgan fingerprint density at radius 2 is 1.76 bits per heavy atom. The Kier molecular flexibility index (Phi) is 6.80. The minimum absolute atomic E-state index is 0.0609. The SMILES string of the molecule is CC(O)CCNC(=O)CCNC(=O)C(C)(C)C. The first kappa shape index (κ1) is 15.9. The summed E-state index contributed by atoms with van der Waals surface area (Å²) in [6.45, 7) is 7.96. The molecule has 0 spiro atoms. The zero-order chi connectivity index (χ0) is 13.5. The van der Waals surface area contributed by atoms with Crippen LogP contribution in [0.3, 0.4) is 0 Å². The second-order valence-electron chi connectivity index (χ2n) is 5.24. The summed E-state index contributed by atoms with van der Waals surface area (Å²) >= 11 is 0. The van der Waals surface area contributed by atoms with Crippen molar-refractivity contribution in [1.82, 2.24) is 10.6 Å². The fourth-order valence-electron chi connectivity index (χ4n) is 1.06. The number of hydrogen-bond acceptors (Lipinski definition) is 3. The molecule has 0 aromatic heterocycles. The highest BCUT2D eigenvalue weighted by Gasteiger charge is 2.20. The maximum Gasteiger partial charge on any atom is 0.225 e. The molecular weight excluding hydrogens is 220 g/mol. The first-order valence-electron chi connectivity index (χ1n) is 5.96. The molecule has 0 saturated heterocycles. The second-order valence-corrected chi connectivity index (χ2v) is 5.24. The van der Waals surface area contributed by atoms with E-state index in [2.05, 4.69) is 10.6 Å². The van der Waals surface area contributed by atoms with Gasteiger partial charge in [-0.3, -0.25) is 9.59 Å². The van der Waals surface area contributed by atoms with Crippen LogP contribution in [0.5, 0.6) is 0 Å². The molecule has 0 aliphatic rings. The summed E-state index contributed by atoms with van der Waals surface area (Å²) in [5, 5.41) is 14.4. The molecule has 5 heteroatoms. The van der Waals surface area contributed by atoms with Gasteiger partial charge in [0.2, 0.25) is 11.8 Å². The number of amides is 2. The van der Waals surface area contributed by atoms with Gasteiger partial charge in [-0.2, -0.15) is 0 Å². The van der Waals surface area contributed by atoms with Gasteiger partial charge >= 0.3 is 0 Å². The van der Waals surface area contributed by atoms with Gasteiger partial charge in [-0.1, -0.05) is 20.8 Å². The van der Waals surface area contributed by atoms with Gasteiger partial charge in [0.1, 0.15) is 0 Å². The maximum atomic E-state index is 11.5. The average Bonchev–Trinajstić information content (AvgIpc) is 2.15. The molecule has 0 aromatic rings. The van der Waals surface area contributed by atoms with Crippen LogP contribution in [-0.4, -0.2) is 36.1 Å². The summed E-state index contributed by atoms with van der Waals surface area (Å²) < 4.78 is 0. The summed E-state index contributed by atoms with van der Waals surface area (Å²) in [6.07, 6.45) is 0.401. The first-order chi connectivity index (χ1) is 7.73. The van der Waals surface area contributed by atoms with Crippen molar-refractivity contribution in [2.45, 2.75) is 46.6 Å². The predicted octanol–water partition coefficient (Wildman–Crippen LogP) is 0.426. The van der Waals surface area contributed by atoms with Crippen molar-refractivity contribution in [3.05, 3.63) is 0 Å². The van der Waals surface area contributed by atoms with E-state index in [0.717, 1.165) is 0 Å². The molecular formula is C12H24N2O3. The van der Waals surface area contributed by atoms with E-state index in [1.165, 1.54) is 0 Å². The molecule has 0 heterocycles. The van der Waals surface area contributed by atoms with Crippen LogP contribution in [0.25, 0.3) is 0 Å². The molecule has 0 aromatic carbocycles. The average molecular weight is 244 g/mol. The molecule has 0 rings (SSSR count). The Bertz CT molecular complexity index is 257. The quantitative estimate of drug-likeness (QED) is 0.634. The van der Waals surface area contributed by atoms with Crippen molar-refractivity contribution < 1.29 is 14.7 Å². The Hall–Kier alpha value is -1.10. The van der Waals surface area contributed by atoms with Crippen molar-refractivity contribution in [3.63, 3.8) is 0 Å². The molecule has 3 N–H and O–H groups in total. The van der Waals surface area contributed by atoms with Crippen molar-refractivity contribution >= 4 is 11.8 Å². The lowest BCUT2D eigenvalue weighted by molar-refractivity contribution is -0.128. The number of aliphatic hydroxyl groups is 1. The fraction of sp³-hybridized carbons (Fsp3) is 0.833. The number of carbonyl (C=O) groups is 2. The van der Waals surface area contributed by atoms with E-state index < -0.39 is 11.5 Å². The highest BCUT2D eigenvalue weighted by Crippen LogP contribution is 2.11. The zero-order valence-corrected chi connectivity index (χ0v) is 11.2. The number of hydrogen-bond donors (Lipinski definition) is 3. The molecule has 2 amide bonds. The normalized spacial score (nSPS) is 13.0. The number of aliphatic hydroxyl groups excluding tert-OH is 1. The standard InChI is InChI=1S/C12H24N2O3/c1-9(15)5-7-13-10(16)6-8-14-11(17)12(2,3)4/h9,15H,5-8H2,1-4H3,(H,13,16)(H,14,17). The van der Waals surface area contributed by atoms with Gasteiger partial charge < -0.3 is 15.7 Å². The Labute approximate surface area is 103 Å². The molecule has 5 nitrogen and oxygen atoms in total. The first-order valence-corrected chi connectivity index (χ1v) is 5.96. The topological polar surface area (TPSA) is 78.4 Å². The number of nitrogens with one attached hydrogen (secondary N) is 2.